The molecule has 1 nitrogen and oxygen atoms in total. The van der Waals surface area contributed by atoms with E-state index in [-0.39, 0.29) is 0 Å². The highest BCUT2D eigenvalue weighted by Crippen LogP contribution is 2.37. The van der Waals surface area contributed by atoms with Crippen molar-refractivity contribution in [2.24, 2.45) is 17.8 Å². The van der Waals surface area contributed by atoms with E-state index in [2.05, 4.69) is 13.8 Å². The van der Waals surface area contributed by atoms with E-state index in [0.29, 0.717) is 11.7 Å². The fraction of sp³-hybridized carbons (Fsp3) is 0.909. The third-order valence-corrected chi connectivity index (χ3v) is 3.10. The van der Waals surface area contributed by atoms with Crippen molar-refractivity contribution in [3.05, 3.63) is 0 Å². The van der Waals surface area contributed by atoms with Crippen molar-refractivity contribution in [2.75, 3.05) is 0 Å². The first-order valence-corrected chi connectivity index (χ1v) is 5.09. The molecule has 2 atom stereocenters. The van der Waals surface area contributed by atoms with Crippen LogP contribution in [0.15, 0.2) is 0 Å². The van der Waals surface area contributed by atoms with Gasteiger partial charge in [0.15, 0.2) is 0 Å². The largest absolute Gasteiger partial charge is 0.300 e. The lowest BCUT2D eigenvalue weighted by Gasteiger charge is -2.13. The van der Waals surface area contributed by atoms with Crippen molar-refractivity contribution < 1.29 is 4.79 Å². The van der Waals surface area contributed by atoms with E-state index in [1.807, 2.05) is 0 Å². The van der Waals surface area contributed by atoms with E-state index < -0.39 is 0 Å². The van der Waals surface area contributed by atoms with Gasteiger partial charge in [0.25, 0.3) is 0 Å². The van der Waals surface area contributed by atoms with Gasteiger partial charge >= 0.3 is 0 Å². The molecule has 0 saturated heterocycles. The lowest BCUT2D eigenvalue weighted by atomic mass is 9.92. The van der Waals surface area contributed by atoms with E-state index >= 15 is 0 Å². The molecule has 1 aliphatic carbocycles. The second kappa shape index (κ2) is 4.06. The molecule has 0 radical (unpaired) electrons. The van der Waals surface area contributed by atoms with Gasteiger partial charge in [0, 0.05) is 6.42 Å². The van der Waals surface area contributed by atoms with Gasteiger partial charge in [-0.25, -0.2) is 0 Å². The van der Waals surface area contributed by atoms with Crippen LogP contribution < -0.4 is 0 Å². The molecule has 0 amide bonds. The van der Waals surface area contributed by atoms with Crippen LogP contribution >= 0.6 is 0 Å². The highest BCUT2D eigenvalue weighted by molar-refractivity contribution is 5.75. The van der Waals surface area contributed by atoms with Crippen LogP contribution in [0.25, 0.3) is 0 Å². The Hall–Kier alpha value is -0.330. The van der Waals surface area contributed by atoms with E-state index in [1.54, 1.807) is 6.92 Å². The maximum atomic E-state index is 10.9. The first-order chi connectivity index (χ1) is 5.59. The van der Waals surface area contributed by atoms with Crippen LogP contribution in [-0.2, 0) is 4.79 Å². The van der Waals surface area contributed by atoms with E-state index in [1.165, 1.54) is 19.3 Å². The number of carbonyl (C=O) groups excluding carboxylic acids is 1. The van der Waals surface area contributed by atoms with Crippen LogP contribution in [0.2, 0.25) is 0 Å². The smallest absolute Gasteiger partial charge is 0.130 e. The first-order valence-electron chi connectivity index (χ1n) is 5.09. The standard InChI is InChI=1S/C11H20O/c1-8(2)11-5-4-10(7-11)6-9(3)12/h8,10-11H,4-7H2,1-3H3/t10-,11-/m0/s1. The van der Waals surface area contributed by atoms with Gasteiger partial charge < -0.3 is 4.79 Å². The average Bonchev–Trinajstić information content (AvgIpc) is 2.34. The van der Waals surface area contributed by atoms with Gasteiger partial charge in [-0.05, 0) is 43.9 Å². The van der Waals surface area contributed by atoms with E-state index in [0.717, 1.165) is 18.3 Å². The molecule has 0 spiro atoms. The minimum atomic E-state index is 0.365. The zero-order valence-corrected chi connectivity index (χ0v) is 8.47. The summed E-state index contributed by atoms with van der Waals surface area (Å²) in [6, 6.07) is 0. The van der Waals surface area contributed by atoms with Gasteiger partial charge in [0.2, 0.25) is 0 Å². The Morgan fingerprint density at radius 3 is 2.50 bits per heavy atom. The van der Waals surface area contributed by atoms with Crippen molar-refractivity contribution >= 4 is 5.78 Å². The number of carbonyl (C=O) groups is 1. The normalized spacial score (nSPS) is 29.7. The highest BCUT2D eigenvalue weighted by Gasteiger charge is 2.27. The highest BCUT2D eigenvalue weighted by atomic mass is 16.1. The Bertz CT molecular complexity index is 160. The molecule has 0 unspecified atom stereocenters. The zero-order valence-electron chi connectivity index (χ0n) is 8.47. The summed E-state index contributed by atoms with van der Waals surface area (Å²) in [5, 5.41) is 0. The van der Waals surface area contributed by atoms with Crippen LogP contribution in [0.4, 0.5) is 0 Å². The molecule has 1 saturated carbocycles. The number of ketones is 1. The first kappa shape index (κ1) is 9.76. The maximum absolute atomic E-state index is 10.9. The summed E-state index contributed by atoms with van der Waals surface area (Å²) in [5.74, 6) is 2.76. The molecule has 1 rings (SSSR count). The molecule has 0 aliphatic heterocycles. The molecule has 0 aromatic rings. The third kappa shape index (κ3) is 2.62. The molecule has 1 heteroatoms. The van der Waals surface area contributed by atoms with Crippen LogP contribution in [0.5, 0.6) is 0 Å². The Labute approximate surface area is 75.5 Å². The lowest BCUT2D eigenvalue weighted by molar-refractivity contribution is -0.117. The SMILES string of the molecule is CC(=O)C[C@@H]1CC[C@H](C(C)C)C1. The third-order valence-electron chi connectivity index (χ3n) is 3.10. The Kier molecular flexibility index (Phi) is 3.30. The fourth-order valence-corrected chi connectivity index (χ4v) is 2.31. The molecule has 0 aromatic heterocycles. The van der Waals surface area contributed by atoms with Gasteiger partial charge in [0.05, 0.1) is 0 Å². The number of rotatable bonds is 3. The summed E-state index contributed by atoms with van der Waals surface area (Å²) in [7, 11) is 0. The summed E-state index contributed by atoms with van der Waals surface area (Å²) in [4.78, 5) is 10.9. The second-order valence-electron chi connectivity index (χ2n) is 4.59. The van der Waals surface area contributed by atoms with Crippen molar-refractivity contribution in [1.29, 1.82) is 0 Å². The topological polar surface area (TPSA) is 17.1 Å². The van der Waals surface area contributed by atoms with E-state index in [4.69, 9.17) is 0 Å². The van der Waals surface area contributed by atoms with Crippen molar-refractivity contribution in [3.63, 3.8) is 0 Å². The molecule has 0 bridgehead atoms. The number of hydrogen-bond acceptors (Lipinski definition) is 1. The number of hydrogen-bond donors (Lipinski definition) is 0. The summed E-state index contributed by atoms with van der Waals surface area (Å²) in [6.45, 7) is 6.30. The number of Topliss-reactive ketones (excluding diaryl/α,β-unsaturated/α-hetero) is 1. The second-order valence-corrected chi connectivity index (χ2v) is 4.59. The predicted molar refractivity (Wildman–Crippen MR) is 51.0 cm³/mol. The van der Waals surface area contributed by atoms with E-state index in [9.17, 15) is 4.79 Å². The molecule has 1 fully saturated rings. The lowest BCUT2D eigenvalue weighted by Crippen LogP contribution is -2.06. The summed E-state index contributed by atoms with van der Waals surface area (Å²) in [5.41, 5.74) is 0. The van der Waals surface area contributed by atoms with Crippen LogP contribution in [0.3, 0.4) is 0 Å². The minimum Gasteiger partial charge on any atom is -0.300 e. The molecular formula is C11H20O. The van der Waals surface area contributed by atoms with Gasteiger partial charge in [-0.3, -0.25) is 0 Å². The van der Waals surface area contributed by atoms with Crippen molar-refractivity contribution in [1.82, 2.24) is 0 Å². The molecule has 1 aliphatic rings. The summed E-state index contributed by atoms with van der Waals surface area (Å²) >= 11 is 0. The molecule has 12 heavy (non-hydrogen) atoms. The fourth-order valence-electron chi connectivity index (χ4n) is 2.31. The van der Waals surface area contributed by atoms with Gasteiger partial charge in [0.1, 0.15) is 5.78 Å². The average molecular weight is 168 g/mol. The van der Waals surface area contributed by atoms with Crippen LogP contribution in [0, 0.1) is 17.8 Å². The zero-order chi connectivity index (χ0) is 9.14. The molecule has 0 N–H and O–H groups in total. The van der Waals surface area contributed by atoms with Crippen molar-refractivity contribution in [2.45, 2.75) is 46.5 Å². The van der Waals surface area contributed by atoms with Crippen LogP contribution in [-0.4, -0.2) is 5.78 Å². The molecule has 0 aromatic carbocycles. The Morgan fingerprint density at radius 1 is 1.42 bits per heavy atom. The Balaban J connectivity index is 2.30. The monoisotopic (exact) mass is 168 g/mol. The Morgan fingerprint density at radius 2 is 2.08 bits per heavy atom. The van der Waals surface area contributed by atoms with Crippen molar-refractivity contribution in [3.8, 4) is 0 Å². The summed E-state index contributed by atoms with van der Waals surface area (Å²) in [6.07, 6.45) is 4.73. The minimum absolute atomic E-state index is 0.365. The molecule has 70 valence electrons. The summed E-state index contributed by atoms with van der Waals surface area (Å²) < 4.78 is 0. The molecular weight excluding hydrogens is 148 g/mol. The van der Waals surface area contributed by atoms with Crippen LogP contribution in [0.1, 0.15) is 46.5 Å². The quantitative estimate of drug-likeness (QED) is 0.633. The predicted octanol–water partition coefficient (Wildman–Crippen LogP) is 3.04. The maximum Gasteiger partial charge on any atom is 0.130 e. The van der Waals surface area contributed by atoms with Gasteiger partial charge in [-0.1, -0.05) is 13.8 Å². The molecule has 0 heterocycles. The van der Waals surface area contributed by atoms with Gasteiger partial charge in [-0.15, -0.1) is 0 Å². The van der Waals surface area contributed by atoms with Gasteiger partial charge in [-0.2, -0.15) is 0 Å².